The Hall–Kier alpha value is -5.40. The van der Waals surface area contributed by atoms with Crippen molar-refractivity contribution in [1.82, 2.24) is 0 Å². The highest BCUT2D eigenvalue weighted by molar-refractivity contribution is 6.24. The molecule has 1 nitrogen and oxygen atoms in total. The van der Waals surface area contributed by atoms with Crippen LogP contribution in [-0.4, -0.2) is 0 Å². The van der Waals surface area contributed by atoms with Crippen LogP contribution < -0.4 is 0 Å². The van der Waals surface area contributed by atoms with E-state index in [4.69, 9.17) is 4.42 Å². The molecule has 0 atom stereocenters. The summed E-state index contributed by atoms with van der Waals surface area (Å²) in [6.07, 6.45) is 0. The molecule has 0 aliphatic rings. The molecule has 0 fully saturated rings. The fourth-order valence-electron chi connectivity index (χ4n) is 6.80. The van der Waals surface area contributed by atoms with Crippen molar-refractivity contribution >= 4 is 65.0 Å². The molecule has 190 valence electrons. The van der Waals surface area contributed by atoms with E-state index in [2.05, 4.69) is 133 Å². The first-order valence-corrected chi connectivity index (χ1v) is 14.1. The maximum absolute atomic E-state index is 6.18. The molecule has 0 aliphatic carbocycles. The average molecular weight is 521 g/mol. The molecule has 0 bridgehead atoms. The first-order valence-electron chi connectivity index (χ1n) is 14.1. The molecule has 0 saturated heterocycles. The Kier molecular flexibility index (Phi) is 4.67. The highest BCUT2D eigenvalue weighted by Crippen LogP contribution is 2.45. The van der Waals surface area contributed by atoms with Gasteiger partial charge in [0, 0.05) is 10.8 Å². The molecule has 0 amide bonds. The Morgan fingerprint density at radius 1 is 0.317 bits per heavy atom. The molecule has 9 rings (SSSR count). The third-order valence-electron chi connectivity index (χ3n) is 8.61. The van der Waals surface area contributed by atoms with E-state index in [0.717, 1.165) is 21.9 Å². The summed E-state index contributed by atoms with van der Waals surface area (Å²) in [5.41, 5.74) is 6.93. The lowest BCUT2D eigenvalue weighted by molar-refractivity contribution is 0.669. The number of furan rings is 1. The van der Waals surface area contributed by atoms with Crippen molar-refractivity contribution in [1.29, 1.82) is 0 Å². The summed E-state index contributed by atoms with van der Waals surface area (Å²) in [5.74, 6) is 0. The molecule has 0 saturated carbocycles. The minimum Gasteiger partial charge on any atom is -0.456 e. The second-order valence-corrected chi connectivity index (χ2v) is 10.9. The molecule has 1 heterocycles. The van der Waals surface area contributed by atoms with Crippen molar-refractivity contribution in [2.75, 3.05) is 0 Å². The van der Waals surface area contributed by atoms with Gasteiger partial charge in [-0.1, -0.05) is 121 Å². The van der Waals surface area contributed by atoms with Gasteiger partial charge in [0.1, 0.15) is 11.2 Å². The van der Waals surface area contributed by atoms with Crippen LogP contribution in [0.2, 0.25) is 0 Å². The van der Waals surface area contributed by atoms with Crippen molar-refractivity contribution in [3.63, 3.8) is 0 Å². The van der Waals surface area contributed by atoms with E-state index in [1.807, 2.05) is 12.1 Å². The SMILES string of the molecule is c1ccc2c(-c3c4ccccc4c(-c4ccc5cc6oc7ccccc7c6cc5c4)c4ccccc34)cccc2c1. The van der Waals surface area contributed by atoms with Gasteiger partial charge in [-0.2, -0.15) is 0 Å². The number of para-hydroxylation sites is 1. The lowest BCUT2D eigenvalue weighted by Crippen LogP contribution is -1.91. The van der Waals surface area contributed by atoms with E-state index in [0.29, 0.717) is 0 Å². The smallest absolute Gasteiger partial charge is 0.136 e. The van der Waals surface area contributed by atoms with E-state index in [9.17, 15) is 0 Å². The molecule has 0 radical (unpaired) electrons. The monoisotopic (exact) mass is 520 g/mol. The third-order valence-corrected chi connectivity index (χ3v) is 8.61. The second-order valence-electron chi connectivity index (χ2n) is 10.9. The van der Waals surface area contributed by atoms with E-state index in [1.54, 1.807) is 0 Å². The van der Waals surface area contributed by atoms with Gasteiger partial charge in [-0.25, -0.2) is 0 Å². The molecule has 0 N–H and O–H groups in total. The van der Waals surface area contributed by atoms with Gasteiger partial charge in [0.25, 0.3) is 0 Å². The minimum absolute atomic E-state index is 0.930. The first kappa shape index (κ1) is 22.4. The summed E-state index contributed by atoms with van der Waals surface area (Å²) < 4.78 is 6.18. The number of benzene rings is 8. The number of rotatable bonds is 2. The summed E-state index contributed by atoms with van der Waals surface area (Å²) in [6, 6.07) is 52.7. The Bertz CT molecular complexity index is 2410. The molecule has 9 aromatic rings. The van der Waals surface area contributed by atoms with Gasteiger partial charge >= 0.3 is 0 Å². The van der Waals surface area contributed by atoms with E-state index >= 15 is 0 Å². The van der Waals surface area contributed by atoms with Crippen LogP contribution in [0.3, 0.4) is 0 Å². The topological polar surface area (TPSA) is 13.1 Å². The van der Waals surface area contributed by atoms with E-state index < -0.39 is 0 Å². The van der Waals surface area contributed by atoms with Crippen molar-refractivity contribution in [3.8, 4) is 22.3 Å². The van der Waals surface area contributed by atoms with Crippen molar-refractivity contribution in [3.05, 3.63) is 146 Å². The first-order chi connectivity index (χ1) is 20.3. The quantitative estimate of drug-likeness (QED) is 0.207. The van der Waals surface area contributed by atoms with Crippen LogP contribution in [0.1, 0.15) is 0 Å². The molecule has 0 aliphatic heterocycles. The number of hydrogen-bond donors (Lipinski definition) is 0. The minimum atomic E-state index is 0.930. The summed E-state index contributed by atoms with van der Waals surface area (Å²) >= 11 is 0. The van der Waals surface area contributed by atoms with Crippen LogP contribution in [0.25, 0.3) is 87.3 Å². The highest BCUT2D eigenvalue weighted by Gasteiger charge is 2.18. The summed E-state index contributed by atoms with van der Waals surface area (Å²) in [4.78, 5) is 0. The predicted octanol–water partition coefficient (Wildman–Crippen LogP) is 11.5. The molecule has 1 aromatic heterocycles. The molecule has 0 unspecified atom stereocenters. The van der Waals surface area contributed by atoms with Gasteiger partial charge in [0.2, 0.25) is 0 Å². The van der Waals surface area contributed by atoms with Crippen LogP contribution in [0, 0.1) is 0 Å². The Labute approximate surface area is 236 Å². The lowest BCUT2D eigenvalue weighted by atomic mass is 9.84. The van der Waals surface area contributed by atoms with Crippen molar-refractivity contribution < 1.29 is 4.42 Å². The maximum Gasteiger partial charge on any atom is 0.136 e. The lowest BCUT2D eigenvalue weighted by Gasteiger charge is -2.19. The zero-order chi connectivity index (χ0) is 26.9. The standard InChI is InChI=1S/C40H24O/c1-2-12-29-25(10-1)11-9-18-31(29)40-34-16-5-3-14-32(34)39(33-15-4-6-17-35(33)40)27-21-20-26-24-38-36(23-28(26)22-27)30-13-7-8-19-37(30)41-38/h1-24H. The van der Waals surface area contributed by atoms with E-state index in [1.165, 1.54) is 65.3 Å². The maximum atomic E-state index is 6.18. The molecule has 8 aromatic carbocycles. The van der Waals surface area contributed by atoms with Crippen LogP contribution in [-0.2, 0) is 0 Å². The predicted molar refractivity (Wildman–Crippen MR) is 175 cm³/mol. The molecular formula is C40H24O. The van der Waals surface area contributed by atoms with Crippen LogP contribution in [0.15, 0.2) is 150 Å². The molecular weight excluding hydrogens is 496 g/mol. The summed E-state index contributed by atoms with van der Waals surface area (Å²) in [6.45, 7) is 0. The van der Waals surface area contributed by atoms with Crippen LogP contribution >= 0.6 is 0 Å². The van der Waals surface area contributed by atoms with Gasteiger partial charge < -0.3 is 4.42 Å². The highest BCUT2D eigenvalue weighted by atomic mass is 16.3. The van der Waals surface area contributed by atoms with Gasteiger partial charge in [0.15, 0.2) is 0 Å². The van der Waals surface area contributed by atoms with E-state index in [-0.39, 0.29) is 0 Å². The molecule has 41 heavy (non-hydrogen) atoms. The fraction of sp³-hybridized carbons (Fsp3) is 0. The van der Waals surface area contributed by atoms with Crippen LogP contribution in [0.5, 0.6) is 0 Å². The molecule has 1 heteroatoms. The average Bonchev–Trinajstić information content (AvgIpc) is 3.39. The van der Waals surface area contributed by atoms with Crippen molar-refractivity contribution in [2.45, 2.75) is 0 Å². The van der Waals surface area contributed by atoms with Crippen molar-refractivity contribution in [2.24, 2.45) is 0 Å². The normalized spacial score (nSPS) is 11.9. The van der Waals surface area contributed by atoms with Gasteiger partial charge in [0.05, 0.1) is 0 Å². The summed E-state index contributed by atoms with van der Waals surface area (Å²) in [5, 5.41) is 12.3. The zero-order valence-electron chi connectivity index (χ0n) is 22.3. The third kappa shape index (κ3) is 3.30. The largest absolute Gasteiger partial charge is 0.456 e. The number of hydrogen-bond acceptors (Lipinski definition) is 1. The Balaban J connectivity index is 1.38. The van der Waals surface area contributed by atoms with Crippen LogP contribution in [0.4, 0.5) is 0 Å². The number of fused-ring (bicyclic) bond motifs is 7. The van der Waals surface area contributed by atoms with Gasteiger partial charge in [-0.3, -0.25) is 0 Å². The Morgan fingerprint density at radius 2 is 0.927 bits per heavy atom. The van der Waals surface area contributed by atoms with Gasteiger partial charge in [-0.15, -0.1) is 0 Å². The fourth-order valence-corrected chi connectivity index (χ4v) is 6.80. The second kappa shape index (κ2) is 8.55. The molecule has 0 spiro atoms. The van der Waals surface area contributed by atoms with Gasteiger partial charge in [-0.05, 0) is 89.6 Å². The Morgan fingerprint density at radius 3 is 1.68 bits per heavy atom. The summed E-state index contributed by atoms with van der Waals surface area (Å²) in [7, 11) is 0. The zero-order valence-corrected chi connectivity index (χ0v) is 22.3.